The molecule has 18 heavy (non-hydrogen) atoms. The van der Waals surface area contributed by atoms with Crippen molar-refractivity contribution in [1.29, 1.82) is 0 Å². The highest BCUT2D eigenvalue weighted by atomic mass is 35.5. The Balaban J connectivity index is 2.58. The molecule has 0 fully saturated rings. The van der Waals surface area contributed by atoms with E-state index < -0.39 is 17.5 Å². The molecular formula is C13H9ClF3N. The van der Waals surface area contributed by atoms with Crippen LogP contribution in [-0.4, -0.2) is 0 Å². The zero-order valence-electron chi connectivity index (χ0n) is 9.18. The van der Waals surface area contributed by atoms with Crippen molar-refractivity contribution in [2.45, 2.75) is 6.54 Å². The van der Waals surface area contributed by atoms with Gasteiger partial charge < -0.3 is 5.73 Å². The Labute approximate surface area is 107 Å². The van der Waals surface area contributed by atoms with Gasteiger partial charge in [0.25, 0.3) is 0 Å². The fraction of sp³-hybridized carbons (Fsp3) is 0.0769. The monoisotopic (exact) mass is 271 g/mol. The van der Waals surface area contributed by atoms with Gasteiger partial charge in [0, 0.05) is 28.8 Å². The number of benzene rings is 2. The average Bonchev–Trinajstić information content (AvgIpc) is 2.34. The van der Waals surface area contributed by atoms with Gasteiger partial charge in [0.05, 0.1) is 0 Å². The van der Waals surface area contributed by atoms with E-state index in [2.05, 4.69) is 0 Å². The fourth-order valence-electron chi connectivity index (χ4n) is 1.63. The van der Waals surface area contributed by atoms with Crippen LogP contribution in [0.1, 0.15) is 5.56 Å². The number of rotatable bonds is 2. The van der Waals surface area contributed by atoms with E-state index in [0.717, 1.165) is 11.6 Å². The summed E-state index contributed by atoms with van der Waals surface area (Å²) < 4.78 is 39.5. The molecule has 2 rings (SSSR count). The Morgan fingerprint density at radius 1 is 0.889 bits per heavy atom. The molecule has 0 aromatic heterocycles. The molecule has 0 aliphatic heterocycles. The molecule has 0 bridgehead atoms. The van der Waals surface area contributed by atoms with Crippen LogP contribution in [0.4, 0.5) is 13.2 Å². The second kappa shape index (κ2) is 5.00. The highest BCUT2D eigenvalue weighted by Crippen LogP contribution is 2.31. The summed E-state index contributed by atoms with van der Waals surface area (Å²) in [5.74, 6) is -3.22. The molecule has 0 aliphatic rings. The van der Waals surface area contributed by atoms with Crippen LogP contribution in [0.5, 0.6) is 0 Å². The second-order valence-corrected chi connectivity index (χ2v) is 4.17. The second-order valence-electron chi connectivity index (χ2n) is 3.76. The molecule has 0 heterocycles. The maximum Gasteiger partial charge on any atom is 0.161 e. The normalized spacial score (nSPS) is 10.7. The largest absolute Gasteiger partial charge is 0.326 e. The molecule has 0 saturated carbocycles. The predicted octanol–water partition coefficient (Wildman–Crippen LogP) is 3.88. The first-order valence-corrected chi connectivity index (χ1v) is 5.54. The van der Waals surface area contributed by atoms with E-state index in [0.29, 0.717) is 18.2 Å². The Kier molecular flexibility index (Phi) is 3.59. The predicted molar refractivity (Wildman–Crippen MR) is 64.7 cm³/mol. The van der Waals surface area contributed by atoms with Crippen LogP contribution in [-0.2, 0) is 6.54 Å². The van der Waals surface area contributed by atoms with Crippen molar-refractivity contribution in [2.24, 2.45) is 5.73 Å². The quantitative estimate of drug-likeness (QED) is 0.824. The molecule has 0 unspecified atom stereocenters. The lowest BCUT2D eigenvalue weighted by atomic mass is 10.0. The van der Waals surface area contributed by atoms with E-state index in [-0.39, 0.29) is 10.6 Å². The Bertz CT molecular complexity index is 599. The first-order chi connectivity index (χ1) is 8.52. The van der Waals surface area contributed by atoms with Crippen LogP contribution < -0.4 is 5.73 Å². The van der Waals surface area contributed by atoms with Crippen molar-refractivity contribution < 1.29 is 13.2 Å². The highest BCUT2D eigenvalue weighted by Gasteiger charge is 2.14. The summed E-state index contributed by atoms with van der Waals surface area (Å²) in [7, 11) is 0. The third-order valence-electron chi connectivity index (χ3n) is 2.57. The highest BCUT2D eigenvalue weighted by molar-refractivity contribution is 6.33. The van der Waals surface area contributed by atoms with Crippen LogP contribution in [0.2, 0.25) is 5.02 Å². The zero-order chi connectivity index (χ0) is 13.3. The van der Waals surface area contributed by atoms with Gasteiger partial charge in [0.1, 0.15) is 5.82 Å². The van der Waals surface area contributed by atoms with Gasteiger partial charge in [-0.3, -0.25) is 0 Å². The van der Waals surface area contributed by atoms with Gasteiger partial charge >= 0.3 is 0 Å². The summed E-state index contributed by atoms with van der Waals surface area (Å²) in [5, 5.41) is 0.239. The van der Waals surface area contributed by atoms with Gasteiger partial charge in [-0.05, 0) is 17.7 Å². The number of nitrogens with two attached hydrogens (primary N) is 1. The van der Waals surface area contributed by atoms with E-state index in [1.54, 1.807) is 12.1 Å². The first-order valence-electron chi connectivity index (χ1n) is 5.16. The molecule has 0 saturated heterocycles. The van der Waals surface area contributed by atoms with Crippen molar-refractivity contribution in [2.75, 3.05) is 0 Å². The minimum Gasteiger partial charge on any atom is -0.326 e. The van der Waals surface area contributed by atoms with Crippen molar-refractivity contribution in [3.05, 3.63) is 58.4 Å². The average molecular weight is 272 g/mol. The zero-order valence-corrected chi connectivity index (χ0v) is 9.94. The van der Waals surface area contributed by atoms with Gasteiger partial charge in [-0.25, -0.2) is 13.2 Å². The summed E-state index contributed by atoms with van der Waals surface area (Å²) in [6.07, 6.45) is 0. The summed E-state index contributed by atoms with van der Waals surface area (Å²) in [5.41, 5.74) is 6.42. The van der Waals surface area contributed by atoms with Crippen molar-refractivity contribution >= 4 is 11.6 Å². The molecule has 0 atom stereocenters. The fourth-order valence-corrected chi connectivity index (χ4v) is 1.94. The lowest BCUT2D eigenvalue weighted by Gasteiger charge is -2.08. The topological polar surface area (TPSA) is 26.0 Å². The van der Waals surface area contributed by atoms with E-state index in [1.165, 1.54) is 6.07 Å². The van der Waals surface area contributed by atoms with E-state index in [4.69, 9.17) is 17.3 Å². The molecule has 0 amide bonds. The van der Waals surface area contributed by atoms with Crippen molar-refractivity contribution in [1.82, 2.24) is 0 Å². The summed E-state index contributed by atoms with van der Waals surface area (Å²) >= 11 is 5.97. The smallest absolute Gasteiger partial charge is 0.161 e. The molecular weight excluding hydrogens is 263 g/mol. The third kappa shape index (κ3) is 2.35. The van der Waals surface area contributed by atoms with Gasteiger partial charge in [-0.2, -0.15) is 0 Å². The minimum absolute atomic E-state index is 0.0810. The Hall–Kier alpha value is -1.52. The molecule has 2 aromatic rings. The van der Waals surface area contributed by atoms with Crippen LogP contribution in [0, 0.1) is 17.5 Å². The van der Waals surface area contributed by atoms with Gasteiger partial charge in [-0.1, -0.05) is 23.7 Å². The number of halogens is 4. The standard InChI is InChI=1S/C13H9ClF3N/c14-10-3-7(6-18)1-2-8(10)9-4-12(16)13(17)5-11(9)15/h1-5H,6,18H2. The third-order valence-corrected chi connectivity index (χ3v) is 2.88. The molecule has 0 radical (unpaired) electrons. The molecule has 94 valence electrons. The molecule has 0 aliphatic carbocycles. The van der Waals surface area contributed by atoms with E-state index >= 15 is 0 Å². The minimum atomic E-state index is -1.23. The first kappa shape index (κ1) is 12.9. The summed E-state index contributed by atoms with van der Waals surface area (Å²) in [6.45, 7) is 0.292. The molecule has 0 spiro atoms. The SMILES string of the molecule is NCc1ccc(-c2cc(F)c(F)cc2F)c(Cl)c1. The molecule has 2 N–H and O–H groups in total. The maximum absolute atomic E-state index is 13.6. The van der Waals surface area contributed by atoms with Gasteiger partial charge in [-0.15, -0.1) is 0 Å². The maximum atomic E-state index is 13.6. The molecule has 1 nitrogen and oxygen atoms in total. The Morgan fingerprint density at radius 3 is 2.17 bits per heavy atom. The van der Waals surface area contributed by atoms with Crippen LogP contribution in [0.3, 0.4) is 0 Å². The van der Waals surface area contributed by atoms with Crippen LogP contribution in [0.15, 0.2) is 30.3 Å². The lowest BCUT2D eigenvalue weighted by Crippen LogP contribution is -1.97. The summed E-state index contributed by atoms with van der Waals surface area (Å²) in [4.78, 5) is 0. The molecule has 5 heteroatoms. The van der Waals surface area contributed by atoms with E-state index in [9.17, 15) is 13.2 Å². The Morgan fingerprint density at radius 2 is 1.56 bits per heavy atom. The van der Waals surface area contributed by atoms with Crippen molar-refractivity contribution in [3.63, 3.8) is 0 Å². The lowest BCUT2D eigenvalue weighted by molar-refractivity contribution is 0.496. The number of hydrogen-bond acceptors (Lipinski definition) is 1. The summed E-state index contributed by atoms with van der Waals surface area (Å²) in [6, 6.07) is 6.03. The van der Waals surface area contributed by atoms with Crippen LogP contribution in [0.25, 0.3) is 11.1 Å². The van der Waals surface area contributed by atoms with Crippen molar-refractivity contribution in [3.8, 4) is 11.1 Å². The van der Waals surface area contributed by atoms with Crippen LogP contribution >= 0.6 is 11.6 Å². The van der Waals surface area contributed by atoms with Gasteiger partial charge in [0.15, 0.2) is 11.6 Å². The van der Waals surface area contributed by atoms with E-state index in [1.807, 2.05) is 0 Å². The van der Waals surface area contributed by atoms with Gasteiger partial charge in [0.2, 0.25) is 0 Å². The molecule has 2 aromatic carbocycles. The number of hydrogen-bond donors (Lipinski definition) is 1.